The number of hydrogen-bond donors (Lipinski definition) is 2. The van der Waals surface area contributed by atoms with Gasteiger partial charge in [0.2, 0.25) is 0 Å². The van der Waals surface area contributed by atoms with Crippen LogP contribution in [0.3, 0.4) is 0 Å². The van der Waals surface area contributed by atoms with E-state index in [0.717, 1.165) is 5.69 Å². The molecule has 5 heteroatoms. The van der Waals surface area contributed by atoms with Crippen LogP contribution in [0.4, 0.5) is 0 Å². The molecule has 78 valence electrons. The number of aromatic nitrogens is 2. The van der Waals surface area contributed by atoms with Gasteiger partial charge in [0, 0.05) is 24.9 Å². The van der Waals surface area contributed by atoms with Gasteiger partial charge < -0.3 is 10.2 Å². The molecular formula is C9H14N2O3. The first-order valence-corrected chi connectivity index (χ1v) is 4.44. The van der Waals surface area contributed by atoms with Crippen LogP contribution in [0.25, 0.3) is 0 Å². The first kappa shape index (κ1) is 10.7. The fraction of sp³-hybridized carbons (Fsp3) is 0.556. The van der Waals surface area contributed by atoms with Crippen LogP contribution in [0.1, 0.15) is 19.5 Å². The van der Waals surface area contributed by atoms with E-state index in [4.69, 9.17) is 5.11 Å². The topological polar surface area (TPSA) is 75.3 Å². The molecule has 2 N–H and O–H groups in total. The number of carboxylic acids is 1. The summed E-state index contributed by atoms with van der Waals surface area (Å²) in [6.45, 7) is 3.85. The molecule has 0 radical (unpaired) electrons. The number of carbonyl (C=O) groups is 1. The van der Waals surface area contributed by atoms with Gasteiger partial charge in [-0.05, 0) is 19.9 Å². The highest BCUT2D eigenvalue weighted by Crippen LogP contribution is 2.12. The lowest BCUT2D eigenvalue weighted by Gasteiger charge is -2.17. The van der Waals surface area contributed by atoms with Crippen molar-refractivity contribution in [2.45, 2.75) is 32.4 Å². The molecule has 1 heterocycles. The number of carboxylic acid groups (broad SMARTS) is 1. The summed E-state index contributed by atoms with van der Waals surface area (Å²) in [4.78, 5) is 10.7. The lowest BCUT2D eigenvalue weighted by atomic mass is 10.0. The molecule has 0 aliphatic rings. The van der Waals surface area contributed by atoms with Crippen molar-refractivity contribution in [2.75, 3.05) is 0 Å². The highest BCUT2D eigenvalue weighted by Gasteiger charge is 2.31. The SMILES string of the molecule is CCn1nccc1CC(C)(O)C(=O)O. The summed E-state index contributed by atoms with van der Waals surface area (Å²) >= 11 is 0. The smallest absolute Gasteiger partial charge is 0.335 e. The Labute approximate surface area is 82.0 Å². The number of nitrogens with zero attached hydrogens (tertiary/aromatic N) is 2. The molecule has 0 aliphatic carbocycles. The third-order valence-electron chi connectivity index (χ3n) is 2.09. The van der Waals surface area contributed by atoms with Crippen molar-refractivity contribution in [3.8, 4) is 0 Å². The Bertz CT molecular complexity index is 331. The van der Waals surface area contributed by atoms with Gasteiger partial charge in [-0.15, -0.1) is 0 Å². The second-order valence-electron chi connectivity index (χ2n) is 3.39. The maximum atomic E-state index is 10.7. The number of hydrogen-bond acceptors (Lipinski definition) is 3. The summed E-state index contributed by atoms with van der Waals surface area (Å²) in [5, 5.41) is 22.3. The summed E-state index contributed by atoms with van der Waals surface area (Å²) in [7, 11) is 0. The van der Waals surface area contributed by atoms with E-state index in [-0.39, 0.29) is 6.42 Å². The van der Waals surface area contributed by atoms with Crippen molar-refractivity contribution in [2.24, 2.45) is 0 Å². The maximum absolute atomic E-state index is 10.7. The second kappa shape index (κ2) is 3.79. The minimum atomic E-state index is -1.73. The van der Waals surface area contributed by atoms with E-state index in [1.54, 1.807) is 16.9 Å². The number of rotatable bonds is 4. The minimum Gasteiger partial charge on any atom is -0.479 e. The molecule has 1 atom stereocenters. The van der Waals surface area contributed by atoms with Gasteiger partial charge in [-0.1, -0.05) is 0 Å². The Morgan fingerprint density at radius 3 is 2.86 bits per heavy atom. The highest BCUT2D eigenvalue weighted by molar-refractivity contribution is 5.76. The van der Waals surface area contributed by atoms with Crippen LogP contribution in [0, 0.1) is 0 Å². The number of aliphatic hydroxyl groups is 1. The Morgan fingerprint density at radius 2 is 2.36 bits per heavy atom. The van der Waals surface area contributed by atoms with Gasteiger partial charge in [-0.2, -0.15) is 5.10 Å². The first-order valence-electron chi connectivity index (χ1n) is 4.44. The molecular weight excluding hydrogens is 184 g/mol. The van der Waals surface area contributed by atoms with Gasteiger partial charge >= 0.3 is 5.97 Å². The summed E-state index contributed by atoms with van der Waals surface area (Å²) in [5.41, 5.74) is -1.01. The highest BCUT2D eigenvalue weighted by atomic mass is 16.4. The lowest BCUT2D eigenvalue weighted by Crippen LogP contribution is -2.37. The summed E-state index contributed by atoms with van der Waals surface area (Å²) in [6.07, 6.45) is 1.66. The Balaban J connectivity index is 2.83. The van der Waals surface area contributed by atoms with E-state index in [9.17, 15) is 9.90 Å². The second-order valence-corrected chi connectivity index (χ2v) is 3.39. The molecule has 0 bridgehead atoms. The first-order chi connectivity index (χ1) is 6.47. The van der Waals surface area contributed by atoms with Gasteiger partial charge in [-0.3, -0.25) is 4.68 Å². The zero-order chi connectivity index (χ0) is 10.8. The van der Waals surface area contributed by atoms with E-state index in [2.05, 4.69) is 5.10 Å². The van der Waals surface area contributed by atoms with Crippen molar-refractivity contribution >= 4 is 5.97 Å². The molecule has 0 fully saturated rings. The molecule has 1 aromatic rings. The quantitative estimate of drug-likeness (QED) is 0.728. The maximum Gasteiger partial charge on any atom is 0.335 e. The van der Waals surface area contributed by atoms with Crippen LogP contribution in [0.15, 0.2) is 12.3 Å². The molecule has 0 spiro atoms. The Hall–Kier alpha value is -1.36. The fourth-order valence-electron chi connectivity index (χ4n) is 1.22. The van der Waals surface area contributed by atoms with E-state index < -0.39 is 11.6 Å². The third-order valence-corrected chi connectivity index (χ3v) is 2.09. The van der Waals surface area contributed by atoms with Gasteiger partial charge in [0.15, 0.2) is 5.60 Å². The molecule has 0 amide bonds. The van der Waals surface area contributed by atoms with Gasteiger partial charge in [0.05, 0.1) is 0 Å². The molecule has 0 saturated carbocycles. The predicted molar refractivity (Wildman–Crippen MR) is 49.9 cm³/mol. The van der Waals surface area contributed by atoms with Crippen LogP contribution >= 0.6 is 0 Å². The third kappa shape index (κ3) is 2.11. The van der Waals surface area contributed by atoms with E-state index in [1.165, 1.54) is 6.92 Å². The molecule has 5 nitrogen and oxygen atoms in total. The average Bonchev–Trinajstić information content (AvgIpc) is 2.50. The molecule has 0 aromatic carbocycles. The summed E-state index contributed by atoms with van der Waals surface area (Å²) < 4.78 is 1.66. The lowest BCUT2D eigenvalue weighted by molar-refractivity contribution is -0.156. The molecule has 1 rings (SSSR count). The zero-order valence-corrected chi connectivity index (χ0v) is 8.27. The molecule has 0 saturated heterocycles. The molecule has 14 heavy (non-hydrogen) atoms. The van der Waals surface area contributed by atoms with Crippen LogP contribution in [0.5, 0.6) is 0 Å². The van der Waals surface area contributed by atoms with Crippen molar-refractivity contribution in [1.29, 1.82) is 0 Å². The van der Waals surface area contributed by atoms with Gasteiger partial charge in [0.25, 0.3) is 0 Å². The van der Waals surface area contributed by atoms with Gasteiger partial charge in [0.1, 0.15) is 0 Å². The molecule has 1 unspecified atom stereocenters. The Kier molecular flexibility index (Phi) is 2.90. The molecule has 0 aliphatic heterocycles. The average molecular weight is 198 g/mol. The number of aliphatic carboxylic acids is 1. The van der Waals surface area contributed by atoms with E-state index >= 15 is 0 Å². The van der Waals surface area contributed by atoms with Crippen molar-refractivity contribution in [3.63, 3.8) is 0 Å². The largest absolute Gasteiger partial charge is 0.479 e. The Morgan fingerprint density at radius 1 is 1.71 bits per heavy atom. The van der Waals surface area contributed by atoms with E-state index in [1.807, 2.05) is 6.92 Å². The van der Waals surface area contributed by atoms with Crippen LogP contribution in [-0.4, -0.2) is 31.6 Å². The zero-order valence-electron chi connectivity index (χ0n) is 8.27. The summed E-state index contributed by atoms with van der Waals surface area (Å²) in [5.74, 6) is -1.22. The van der Waals surface area contributed by atoms with Crippen molar-refractivity contribution in [1.82, 2.24) is 9.78 Å². The number of aryl methyl sites for hydroxylation is 1. The normalized spacial score (nSPS) is 15.1. The van der Waals surface area contributed by atoms with Gasteiger partial charge in [-0.25, -0.2) is 4.79 Å². The van der Waals surface area contributed by atoms with Crippen LogP contribution < -0.4 is 0 Å². The predicted octanol–water partition coefficient (Wildman–Crippen LogP) is 0.281. The van der Waals surface area contributed by atoms with E-state index in [0.29, 0.717) is 6.54 Å². The molecule has 1 aromatic heterocycles. The van der Waals surface area contributed by atoms with Crippen molar-refractivity contribution in [3.05, 3.63) is 18.0 Å². The van der Waals surface area contributed by atoms with Crippen molar-refractivity contribution < 1.29 is 15.0 Å². The van der Waals surface area contributed by atoms with Crippen LogP contribution in [-0.2, 0) is 17.8 Å². The fourth-order valence-corrected chi connectivity index (χ4v) is 1.22. The van der Waals surface area contributed by atoms with Crippen LogP contribution in [0.2, 0.25) is 0 Å². The minimum absolute atomic E-state index is 0.0656. The summed E-state index contributed by atoms with van der Waals surface area (Å²) in [6, 6.07) is 1.71. The monoisotopic (exact) mass is 198 g/mol. The standard InChI is InChI=1S/C9H14N2O3/c1-3-11-7(4-5-10-11)6-9(2,14)8(12)13/h4-5,14H,3,6H2,1-2H3,(H,12,13).